The third-order valence-corrected chi connectivity index (χ3v) is 5.41. The molecule has 0 saturated heterocycles. The molecule has 1 heterocycles. The fourth-order valence-corrected chi connectivity index (χ4v) is 4.05. The number of alkyl halides is 3. The van der Waals surface area contributed by atoms with E-state index in [2.05, 4.69) is 5.32 Å². The van der Waals surface area contributed by atoms with E-state index in [1.807, 2.05) is 48.6 Å². The molecule has 0 unspecified atom stereocenters. The van der Waals surface area contributed by atoms with Gasteiger partial charge in [-0.25, -0.2) is 0 Å². The Hall–Kier alpha value is -2.38. The van der Waals surface area contributed by atoms with Crippen LogP contribution in [0.2, 0.25) is 0 Å². The molecule has 0 aliphatic heterocycles. The molecule has 3 aromatic rings. The van der Waals surface area contributed by atoms with E-state index in [9.17, 15) is 18.0 Å². The Morgan fingerprint density at radius 1 is 1.11 bits per heavy atom. The van der Waals surface area contributed by atoms with Gasteiger partial charge in [0.1, 0.15) is 0 Å². The van der Waals surface area contributed by atoms with Crippen molar-refractivity contribution in [2.45, 2.75) is 12.2 Å². The average molecular weight is 392 g/mol. The van der Waals surface area contributed by atoms with Crippen molar-refractivity contribution in [3.63, 3.8) is 0 Å². The van der Waals surface area contributed by atoms with Crippen LogP contribution in [0.3, 0.4) is 0 Å². The highest BCUT2D eigenvalue weighted by molar-refractivity contribution is 7.17. The number of nitrogens with zero attached hydrogens (tertiary/aromatic N) is 1. The first-order valence-corrected chi connectivity index (χ1v) is 9.24. The summed E-state index contributed by atoms with van der Waals surface area (Å²) in [6.45, 7) is 0.207. The molecule has 142 valence electrons. The fourth-order valence-electron chi connectivity index (χ4n) is 3.04. The zero-order valence-corrected chi connectivity index (χ0v) is 15.7. The smallest absolute Gasteiger partial charge is 0.350 e. The van der Waals surface area contributed by atoms with Gasteiger partial charge in [0.2, 0.25) is 0 Å². The van der Waals surface area contributed by atoms with Crippen LogP contribution in [-0.4, -0.2) is 31.4 Å². The molecule has 2 aromatic carbocycles. The Labute approximate surface area is 159 Å². The second-order valence-corrected chi connectivity index (χ2v) is 7.33. The molecule has 3 nitrogen and oxygen atoms in total. The van der Waals surface area contributed by atoms with Gasteiger partial charge in [0.15, 0.2) is 0 Å². The predicted octanol–water partition coefficient (Wildman–Crippen LogP) is 4.95. The van der Waals surface area contributed by atoms with Crippen LogP contribution in [0.25, 0.3) is 10.1 Å². The maximum Gasteiger partial charge on any atom is 0.417 e. The van der Waals surface area contributed by atoms with Gasteiger partial charge < -0.3 is 10.2 Å². The Balaban J connectivity index is 1.83. The van der Waals surface area contributed by atoms with Gasteiger partial charge in [0.25, 0.3) is 5.91 Å². The fraction of sp³-hybridized carbons (Fsp3) is 0.250. The molecular formula is C20H19F3N2OS. The molecule has 0 radical (unpaired) electrons. The summed E-state index contributed by atoms with van der Waals surface area (Å²) >= 11 is 1.61. The minimum absolute atomic E-state index is 0.150. The van der Waals surface area contributed by atoms with E-state index in [-0.39, 0.29) is 18.2 Å². The van der Waals surface area contributed by atoms with Gasteiger partial charge in [0, 0.05) is 11.2 Å². The quantitative estimate of drug-likeness (QED) is 0.666. The van der Waals surface area contributed by atoms with Crippen LogP contribution in [0, 0.1) is 0 Å². The number of halogens is 3. The van der Waals surface area contributed by atoms with Crippen LogP contribution >= 0.6 is 11.3 Å². The van der Waals surface area contributed by atoms with Crippen LogP contribution in [0.1, 0.15) is 27.5 Å². The molecule has 27 heavy (non-hydrogen) atoms. The van der Waals surface area contributed by atoms with E-state index in [0.29, 0.717) is 0 Å². The highest BCUT2D eigenvalue weighted by Crippen LogP contribution is 2.33. The van der Waals surface area contributed by atoms with Gasteiger partial charge in [-0.05, 0) is 48.6 Å². The van der Waals surface area contributed by atoms with Crippen LogP contribution in [0.5, 0.6) is 0 Å². The first-order chi connectivity index (χ1) is 12.8. The summed E-state index contributed by atoms with van der Waals surface area (Å²) in [7, 11) is 3.76. The topological polar surface area (TPSA) is 32.3 Å². The van der Waals surface area contributed by atoms with Crippen molar-refractivity contribution < 1.29 is 18.0 Å². The average Bonchev–Trinajstić information content (AvgIpc) is 3.05. The number of thiophene rings is 1. The van der Waals surface area contributed by atoms with Gasteiger partial charge in [-0.15, -0.1) is 11.3 Å². The van der Waals surface area contributed by atoms with Crippen molar-refractivity contribution in [3.8, 4) is 0 Å². The first kappa shape index (κ1) is 19.4. The van der Waals surface area contributed by atoms with Crippen molar-refractivity contribution in [3.05, 3.63) is 70.6 Å². The minimum Gasteiger partial charge on any atom is -0.350 e. The van der Waals surface area contributed by atoms with Gasteiger partial charge in [-0.3, -0.25) is 4.79 Å². The summed E-state index contributed by atoms with van der Waals surface area (Å²) in [5.74, 6) is -0.727. The van der Waals surface area contributed by atoms with E-state index < -0.39 is 17.6 Å². The number of hydrogen-bond donors (Lipinski definition) is 1. The number of amides is 1. The molecule has 7 heteroatoms. The van der Waals surface area contributed by atoms with Gasteiger partial charge in [-0.2, -0.15) is 13.2 Å². The summed E-state index contributed by atoms with van der Waals surface area (Å²) in [6, 6.07) is 12.6. The van der Waals surface area contributed by atoms with Gasteiger partial charge in [-0.1, -0.05) is 30.3 Å². The maximum atomic E-state index is 13.1. The lowest BCUT2D eigenvalue weighted by atomic mass is 10.0. The van der Waals surface area contributed by atoms with Crippen molar-refractivity contribution in [2.24, 2.45) is 0 Å². The van der Waals surface area contributed by atoms with Crippen LogP contribution in [-0.2, 0) is 6.18 Å². The normalized spacial score (nSPS) is 13.1. The lowest BCUT2D eigenvalue weighted by Crippen LogP contribution is -2.35. The number of carbonyl (C=O) groups is 1. The highest BCUT2D eigenvalue weighted by Gasteiger charge is 2.35. The summed E-state index contributed by atoms with van der Waals surface area (Å²) in [6.07, 6.45) is -4.57. The molecule has 1 aromatic heterocycles. The molecule has 0 bridgehead atoms. The van der Waals surface area contributed by atoms with E-state index in [1.165, 1.54) is 18.2 Å². The summed E-state index contributed by atoms with van der Waals surface area (Å²) in [5, 5.41) is 5.79. The van der Waals surface area contributed by atoms with Gasteiger partial charge >= 0.3 is 6.18 Å². The lowest BCUT2D eigenvalue weighted by Gasteiger charge is -2.25. The Kier molecular flexibility index (Phi) is 5.53. The predicted molar refractivity (Wildman–Crippen MR) is 102 cm³/mol. The number of likely N-dealkylation sites (N-methyl/N-ethyl adjacent to an activating group) is 1. The van der Waals surface area contributed by atoms with E-state index >= 15 is 0 Å². The number of rotatable bonds is 5. The molecule has 1 amide bonds. The second-order valence-electron chi connectivity index (χ2n) is 6.42. The van der Waals surface area contributed by atoms with Gasteiger partial charge in [0.05, 0.1) is 17.2 Å². The third-order valence-electron chi connectivity index (χ3n) is 4.43. The Morgan fingerprint density at radius 3 is 2.48 bits per heavy atom. The van der Waals surface area contributed by atoms with Crippen molar-refractivity contribution in [1.29, 1.82) is 0 Å². The molecule has 1 atom stereocenters. The number of benzene rings is 2. The summed E-state index contributed by atoms with van der Waals surface area (Å²) < 4.78 is 40.6. The molecule has 0 aliphatic rings. The number of hydrogen-bond acceptors (Lipinski definition) is 3. The molecular weight excluding hydrogens is 373 g/mol. The third kappa shape index (κ3) is 4.14. The molecule has 0 saturated carbocycles. The number of nitrogens with one attached hydrogen (secondary N) is 1. The van der Waals surface area contributed by atoms with E-state index in [4.69, 9.17) is 0 Å². The molecule has 3 rings (SSSR count). The van der Waals surface area contributed by atoms with Crippen LogP contribution < -0.4 is 5.32 Å². The number of fused-ring (bicyclic) bond motifs is 1. The van der Waals surface area contributed by atoms with E-state index in [1.54, 1.807) is 11.3 Å². The van der Waals surface area contributed by atoms with Crippen molar-refractivity contribution >= 4 is 27.3 Å². The zero-order chi connectivity index (χ0) is 19.6. The Bertz CT molecular complexity index is 950. The summed E-state index contributed by atoms with van der Waals surface area (Å²) in [4.78, 5) is 14.4. The maximum absolute atomic E-state index is 13.1. The molecule has 0 fully saturated rings. The minimum atomic E-state index is -4.57. The first-order valence-electron chi connectivity index (χ1n) is 8.36. The van der Waals surface area contributed by atoms with Crippen molar-refractivity contribution in [2.75, 3.05) is 20.6 Å². The largest absolute Gasteiger partial charge is 0.417 e. The van der Waals surface area contributed by atoms with Crippen LogP contribution in [0.15, 0.2) is 53.9 Å². The molecule has 1 N–H and O–H groups in total. The molecule has 0 spiro atoms. The zero-order valence-electron chi connectivity index (χ0n) is 14.9. The SMILES string of the molecule is CN(C)[C@@H](CNC(=O)c1ccccc1C(F)(F)F)c1csc2ccccc12. The summed E-state index contributed by atoms with van der Waals surface area (Å²) in [5.41, 5.74) is -0.243. The van der Waals surface area contributed by atoms with Crippen molar-refractivity contribution in [1.82, 2.24) is 10.2 Å². The standard InChI is InChI=1S/C20H19F3N2OS/c1-25(2)17(15-12-27-18-10-6-4-7-13(15)18)11-24-19(26)14-8-3-5-9-16(14)20(21,22)23/h3-10,12,17H,11H2,1-2H3,(H,24,26)/t17-/m0/s1. The van der Waals surface area contributed by atoms with E-state index in [0.717, 1.165) is 21.7 Å². The monoisotopic (exact) mass is 392 g/mol. The molecule has 0 aliphatic carbocycles. The van der Waals surface area contributed by atoms with Crippen LogP contribution in [0.4, 0.5) is 13.2 Å². The lowest BCUT2D eigenvalue weighted by molar-refractivity contribution is -0.137. The Morgan fingerprint density at radius 2 is 1.78 bits per heavy atom. The second kappa shape index (κ2) is 7.70. The number of carbonyl (C=O) groups excluding carboxylic acids is 1. The highest BCUT2D eigenvalue weighted by atomic mass is 32.1.